The van der Waals surface area contributed by atoms with Gasteiger partial charge in [0.1, 0.15) is 0 Å². The highest BCUT2D eigenvalue weighted by molar-refractivity contribution is 5.77. The average Bonchev–Trinajstić information content (AvgIpc) is 2.85. The van der Waals surface area contributed by atoms with Crippen LogP contribution in [-0.4, -0.2) is 25.5 Å². The molecule has 1 aliphatic rings. The van der Waals surface area contributed by atoms with Gasteiger partial charge in [-0.1, -0.05) is 32.0 Å². The highest BCUT2D eigenvalue weighted by atomic mass is 16.1. The molecule has 1 unspecified atom stereocenters. The summed E-state index contributed by atoms with van der Waals surface area (Å²) in [6.45, 7) is 6.80. The standard InChI is InChI=1S/C15H22N2O/c1-12(2)15(18)16-10-13-8-9-17(11-13)14-6-4-3-5-7-14/h3-7,12-13H,8-11H2,1-2H3,(H,16,18). The van der Waals surface area contributed by atoms with E-state index in [1.165, 1.54) is 5.69 Å². The Hall–Kier alpha value is -1.51. The van der Waals surface area contributed by atoms with Crippen LogP contribution >= 0.6 is 0 Å². The summed E-state index contributed by atoms with van der Waals surface area (Å²) in [6.07, 6.45) is 1.16. The summed E-state index contributed by atoms with van der Waals surface area (Å²) in [5.74, 6) is 0.817. The SMILES string of the molecule is CC(C)C(=O)NCC1CCN(c2ccccc2)C1. The number of amides is 1. The highest BCUT2D eigenvalue weighted by Gasteiger charge is 2.23. The molecular formula is C15H22N2O. The summed E-state index contributed by atoms with van der Waals surface area (Å²) in [7, 11) is 0. The molecule has 1 aromatic rings. The van der Waals surface area contributed by atoms with Crippen LogP contribution in [0.3, 0.4) is 0 Å². The van der Waals surface area contributed by atoms with Gasteiger partial charge in [0.05, 0.1) is 0 Å². The lowest BCUT2D eigenvalue weighted by Gasteiger charge is -2.19. The van der Waals surface area contributed by atoms with Crippen LogP contribution in [0, 0.1) is 11.8 Å². The Balaban J connectivity index is 1.80. The monoisotopic (exact) mass is 246 g/mol. The summed E-state index contributed by atoms with van der Waals surface area (Å²) in [4.78, 5) is 13.9. The van der Waals surface area contributed by atoms with E-state index in [1.807, 2.05) is 19.9 Å². The maximum atomic E-state index is 11.5. The number of nitrogens with one attached hydrogen (secondary N) is 1. The summed E-state index contributed by atoms with van der Waals surface area (Å²) in [5, 5.41) is 3.03. The van der Waals surface area contributed by atoms with Crippen molar-refractivity contribution < 1.29 is 4.79 Å². The third kappa shape index (κ3) is 3.25. The number of para-hydroxylation sites is 1. The Morgan fingerprint density at radius 1 is 1.39 bits per heavy atom. The first kappa shape index (κ1) is 12.9. The number of hydrogen-bond acceptors (Lipinski definition) is 2. The molecule has 1 heterocycles. The average molecular weight is 246 g/mol. The molecule has 0 aromatic heterocycles. The van der Waals surface area contributed by atoms with E-state index in [-0.39, 0.29) is 11.8 Å². The summed E-state index contributed by atoms with van der Waals surface area (Å²) < 4.78 is 0. The lowest BCUT2D eigenvalue weighted by molar-refractivity contribution is -0.124. The normalized spacial score (nSPS) is 19.3. The van der Waals surface area contributed by atoms with Gasteiger partial charge in [-0.05, 0) is 24.5 Å². The number of nitrogens with zero attached hydrogens (tertiary/aromatic N) is 1. The van der Waals surface area contributed by atoms with E-state index in [9.17, 15) is 4.79 Å². The second kappa shape index (κ2) is 5.89. The number of rotatable bonds is 4. The minimum atomic E-state index is 0.0802. The first-order valence-corrected chi connectivity index (χ1v) is 6.74. The predicted molar refractivity (Wildman–Crippen MR) is 74.6 cm³/mol. The van der Waals surface area contributed by atoms with Gasteiger partial charge in [0.15, 0.2) is 0 Å². The van der Waals surface area contributed by atoms with Crippen LogP contribution in [0.5, 0.6) is 0 Å². The van der Waals surface area contributed by atoms with Crippen LogP contribution < -0.4 is 10.2 Å². The highest BCUT2D eigenvalue weighted by Crippen LogP contribution is 2.22. The number of hydrogen-bond donors (Lipinski definition) is 1. The molecule has 1 fully saturated rings. The van der Waals surface area contributed by atoms with Crippen molar-refractivity contribution in [2.24, 2.45) is 11.8 Å². The van der Waals surface area contributed by atoms with Crippen molar-refractivity contribution in [2.45, 2.75) is 20.3 Å². The van der Waals surface area contributed by atoms with Crippen molar-refractivity contribution in [3.63, 3.8) is 0 Å². The zero-order valence-electron chi connectivity index (χ0n) is 11.2. The largest absolute Gasteiger partial charge is 0.371 e. The summed E-state index contributed by atoms with van der Waals surface area (Å²) >= 11 is 0. The van der Waals surface area contributed by atoms with Crippen molar-refractivity contribution in [3.8, 4) is 0 Å². The molecule has 1 saturated heterocycles. The van der Waals surface area contributed by atoms with Gasteiger partial charge >= 0.3 is 0 Å². The fourth-order valence-electron chi connectivity index (χ4n) is 2.32. The Bertz CT molecular complexity index is 389. The molecule has 2 rings (SSSR count). The minimum Gasteiger partial charge on any atom is -0.371 e. The quantitative estimate of drug-likeness (QED) is 0.884. The number of anilines is 1. The third-order valence-electron chi connectivity index (χ3n) is 3.50. The zero-order valence-corrected chi connectivity index (χ0v) is 11.2. The second-order valence-corrected chi connectivity index (χ2v) is 5.34. The molecule has 3 nitrogen and oxygen atoms in total. The fourth-order valence-corrected chi connectivity index (χ4v) is 2.32. The molecular weight excluding hydrogens is 224 g/mol. The van der Waals surface area contributed by atoms with E-state index in [4.69, 9.17) is 0 Å². The van der Waals surface area contributed by atoms with Gasteiger partial charge in [-0.3, -0.25) is 4.79 Å². The van der Waals surface area contributed by atoms with Crippen LogP contribution in [0.4, 0.5) is 5.69 Å². The zero-order chi connectivity index (χ0) is 13.0. The van der Waals surface area contributed by atoms with Crippen LogP contribution in [0.15, 0.2) is 30.3 Å². The fraction of sp³-hybridized carbons (Fsp3) is 0.533. The molecule has 0 bridgehead atoms. The van der Waals surface area contributed by atoms with Gasteiger partial charge in [0.25, 0.3) is 0 Å². The molecule has 3 heteroatoms. The molecule has 1 aromatic carbocycles. The van der Waals surface area contributed by atoms with Crippen molar-refractivity contribution >= 4 is 11.6 Å². The Morgan fingerprint density at radius 2 is 2.11 bits per heavy atom. The van der Waals surface area contributed by atoms with Crippen molar-refractivity contribution in [1.29, 1.82) is 0 Å². The van der Waals surface area contributed by atoms with Gasteiger partial charge in [-0.25, -0.2) is 0 Å². The lowest BCUT2D eigenvalue weighted by atomic mass is 10.1. The topological polar surface area (TPSA) is 32.3 Å². The van der Waals surface area contributed by atoms with Crippen LogP contribution in [0.1, 0.15) is 20.3 Å². The molecule has 0 saturated carbocycles. The maximum absolute atomic E-state index is 11.5. The van der Waals surface area contributed by atoms with Gasteiger partial charge in [-0.15, -0.1) is 0 Å². The van der Waals surface area contributed by atoms with Crippen molar-refractivity contribution in [1.82, 2.24) is 5.32 Å². The lowest BCUT2D eigenvalue weighted by Crippen LogP contribution is -2.33. The molecule has 0 radical (unpaired) electrons. The molecule has 18 heavy (non-hydrogen) atoms. The van der Waals surface area contributed by atoms with Gasteiger partial charge in [-0.2, -0.15) is 0 Å². The van der Waals surface area contributed by atoms with E-state index in [2.05, 4.69) is 34.5 Å². The first-order valence-electron chi connectivity index (χ1n) is 6.74. The molecule has 1 aliphatic heterocycles. The smallest absolute Gasteiger partial charge is 0.222 e. The van der Waals surface area contributed by atoms with E-state index in [0.29, 0.717) is 5.92 Å². The van der Waals surface area contributed by atoms with E-state index >= 15 is 0 Å². The van der Waals surface area contributed by atoms with Crippen LogP contribution in [0.25, 0.3) is 0 Å². The van der Waals surface area contributed by atoms with Crippen molar-refractivity contribution in [3.05, 3.63) is 30.3 Å². The van der Waals surface area contributed by atoms with E-state index < -0.39 is 0 Å². The number of benzene rings is 1. The van der Waals surface area contributed by atoms with Gasteiger partial charge in [0, 0.05) is 31.2 Å². The van der Waals surface area contributed by atoms with Gasteiger partial charge in [0.2, 0.25) is 5.91 Å². The van der Waals surface area contributed by atoms with Gasteiger partial charge < -0.3 is 10.2 Å². The van der Waals surface area contributed by atoms with E-state index in [1.54, 1.807) is 0 Å². The Kier molecular flexibility index (Phi) is 4.24. The molecule has 0 spiro atoms. The van der Waals surface area contributed by atoms with Crippen molar-refractivity contribution in [2.75, 3.05) is 24.5 Å². The number of carbonyl (C=O) groups is 1. The molecule has 1 N–H and O–H groups in total. The van der Waals surface area contributed by atoms with Crippen LogP contribution in [0.2, 0.25) is 0 Å². The molecule has 98 valence electrons. The molecule has 1 atom stereocenters. The van der Waals surface area contributed by atoms with E-state index in [0.717, 1.165) is 26.1 Å². The Labute approximate surface area is 109 Å². The summed E-state index contributed by atoms with van der Waals surface area (Å²) in [5.41, 5.74) is 1.29. The third-order valence-corrected chi connectivity index (χ3v) is 3.50. The minimum absolute atomic E-state index is 0.0802. The maximum Gasteiger partial charge on any atom is 0.222 e. The summed E-state index contributed by atoms with van der Waals surface area (Å²) in [6, 6.07) is 10.5. The predicted octanol–water partition coefficient (Wildman–Crippen LogP) is 2.29. The second-order valence-electron chi connectivity index (χ2n) is 5.34. The first-order chi connectivity index (χ1) is 8.66. The molecule has 1 amide bonds. The number of carbonyl (C=O) groups excluding carboxylic acids is 1. The Morgan fingerprint density at radius 3 is 2.78 bits per heavy atom. The molecule has 0 aliphatic carbocycles. The van der Waals surface area contributed by atoms with Crippen LogP contribution in [-0.2, 0) is 4.79 Å².